The van der Waals surface area contributed by atoms with Crippen molar-refractivity contribution >= 4 is 3.21 Å². The van der Waals surface area contributed by atoms with Gasteiger partial charge >= 0.3 is 390 Å². The van der Waals surface area contributed by atoms with E-state index in [1.165, 1.54) is 55.4 Å². The summed E-state index contributed by atoms with van der Waals surface area (Å²) in [5, 5.41) is 0. The third kappa shape index (κ3) is 11.5. The summed E-state index contributed by atoms with van der Waals surface area (Å²) in [4.78, 5) is 0. The average Bonchev–Trinajstić information content (AvgIpc) is 3.72. The van der Waals surface area contributed by atoms with Gasteiger partial charge in [0, 0.05) is 0 Å². The molecule has 0 saturated carbocycles. The van der Waals surface area contributed by atoms with Crippen LogP contribution < -0.4 is 24.8 Å². The molecule has 0 amide bonds. The molecule has 66 heavy (non-hydrogen) atoms. The molecule has 0 nitrogen and oxygen atoms in total. The van der Waals surface area contributed by atoms with Gasteiger partial charge in [0.2, 0.25) is 0 Å². The Bertz CT molecular complexity index is 2390. The van der Waals surface area contributed by atoms with E-state index in [9.17, 15) is 26.3 Å². The van der Waals surface area contributed by atoms with E-state index >= 15 is 0 Å². The summed E-state index contributed by atoms with van der Waals surface area (Å²) in [6.07, 6.45) is -1.83. The van der Waals surface area contributed by atoms with E-state index in [0.717, 1.165) is 53.6 Å². The van der Waals surface area contributed by atoms with Crippen LogP contribution in [0, 0.1) is 11.3 Å². The molecule has 2 aliphatic rings. The SMILES string of the molecule is CCCCC1C=C(C(C)(C)C)C=[C]1[Zr+2](=[C](c1cccc(C(F)(F)F)c1)c1cccc(C(F)(F)F)c1)[CH]1c2cc(C(C)(C)C)c(C(C)(C)C)cc2-c2cc(C(C)(C)C)c(C(C)(C)C)cc21.[Cl-].[Cl-]. The normalized spacial score (nSPS) is 15.8. The van der Waals surface area contributed by atoms with Gasteiger partial charge < -0.3 is 24.8 Å². The molecule has 0 radical (unpaired) electrons. The predicted molar refractivity (Wildman–Crippen MR) is 253 cm³/mol. The zero-order valence-corrected chi connectivity index (χ0v) is 45.9. The maximum atomic E-state index is 14.9. The van der Waals surface area contributed by atoms with E-state index in [4.69, 9.17) is 0 Å². The second-order valence-corrected chi connectivity index (χ2v) is 29.7. The first-order valence-corrected chi connectivity index (χ1v) is 26.9. The van der Waals surface area contributed by atoms with Gasteiger partial charge in [0.05, 0.1) is 0 Å². The number of allylic oxidation sites excluding steroid dienone is 4. The molecule has 0 aromatic heterocycles. The molecular weight excluding hydrogens is 961 g/mol. The minimum atomic E-state index is -4.65. The molecule has 2 aliphatic carbocycles. The van der Waals surface area contributed by atoms with E-state index in [2.05, 4.69) is 147 Å². The minimum absolute atomic E-state index is 0. The largest absolute Gasteiger partial charge is 1.00 e. The van der Waals surface area contributed by atoms with Crippen molar-refractivity contribution in [1.29, 1.82) is 0 Å². The van der Waals surface area contributed by atoms with E-state index < -0.39 is 44.7 Å². The van der Waals surface area contributed by atoms with Crippen LogP contribution >= 0.6 is 0 Å². The maximum Gasteiger partial charge on any atom is -1.00 e. The molecule has 358 valence electrons. The van der Waals surface area contributed by atoms with E-state index in [0.29, 0.717) is 14.3 Å². The van der Waals surface area contributed by atoms with E-state index in [1.54, 1.807) is 12.1 Å². The van der Waals surface area contributed by atoms with Crippen LogP contribution in [0.15, 0.2) is 93.8 Å². The number of fused-ring (bicyclic) bond motifs is 3. The number of unbranched alkanes of at least 4 members (excludes halogenated alkanes) is 1. The summed E-state index contributed by atoms with van der Waals surface area (Å²) in [5.41, 5.74) is 8.50. The van der Waals surface area contributed by atoms with Gasteiger partial charge in [-0.1, -0.05) is 0 Å². The number of hydrogen-bond acceptors (Lipinski definition) is 0. The number of alkyl halides is 6. The molecule has 0 aliphatic heterocycles. The van der Waals surface area contributed by atoms with Crippen molar-refractivity contribution < 1.29 is 72.4 Å². The number of halogens is 8. The van der Waals surface area contributed by atoms with Crippen molar-refractivity contribution in [2.45, 2.75) is 168 Å². The molecule has 0 heterocycles. The Morgan fingerprint density at radius 3 is 1.23 bits per heavy atom. The fourth-order valence-corrected chi connectivity index (χ4v) is 19.3. The maximum absolute atomic E-state index is 14.9. The third-order valence-corrected chi connectivity index (χ3v) is 21.7. The predicted octanol–water partition coefficient (Wildman–Crippen LogP) is 11.6. The van der Waals surface area contributed by atoms with Gasteiger partial charge in [-0.25, -0.2) is 0 Å². The van der Waals surface area contributed by atoms with Crippen molar-refractivity contribution in [3.05, 3.63) is 149 Å². The van der Waals surface area contributed by atoms with Crippen molar-refractivity contribution in [3.63, 3.8) is 0 Å². The summed E-state index contributed by atoms with van der Waals surface area (Å²) in [7, 11) is 0. The second-order valence-electron chi connectivity index (χ2n) is 23.6. The summed E-state index contributed by atoms with van der Waals surface area (Å²) in [5.74, 6) is -0.00505. The smallest absolute Gasteiger partial charge is 1.00 e. The quantitative estimate of drug-likeness (QED) is 0.162. The van der Waals surface area contributed by atoms with Gasteiger partial charge in [-0.05, 0) is 0 Å². The monoisotopic (exact) mass is 1030 g/mol. The summed E-state index contributed by atoms with van der Waals surface area (Å²) >= 11 is -3.99. The Morgan fingerprint density at radius 1 is 0.515 bits per heavy atom. The summed E-state index contributed by atoms with van der Waals surface area (Å²) in [6, 6.07) is 20.4. The topological polar surface area (TPSA) is 0 Å². The Labute approximate surface area is 412 Å². The van der Waals surface area contributed by atoms with Gasteiger partial charge in [-0.3, -0.25) is 0 Å². The zero-order chi connectivity index (χ0) is 47.9. The number of rotatable bonds is 7. The van der Waals surface area contributed by atoms with E-state index in [1.807, 2.05) is 0 Å². The van der Waals surface area contributed by atoms with Crippen LogP contribution in [-0.2, 0) is 55.3 Å². The van der Waals surface area contributed by atoms with Gasteiger partial charge in [0.25, 0.3) is 0 Å². The third-order valence-electron chi connectivity index (χ3n) is 13.2. The van der Waals surface area contributed by atoms with Crippen molar-refractivity contribution in [2.75, 3.05) is 0 Å². The molecule has 0 N–H and O–H groups in total. The first-order chi connectivity index (χ1) is 29.1. The van der Waals surface area contributed by atoms with Crippen LogP contribution in [0.4, 0.5) is 26.3 Å². The molecule has 4 aromatic carbocycles. The van der Waals surface area contributed by atoms with Gasteiger partial charge in [0.15, 0.2) is 0 Å². The zero-order valence-electron chi connectivity index (χ0n) is 41.9. The number of benzene rings is 4. The van der Waals surface area contributed by atoms with Crippen LogP contribution in [0.3, 0.4) is 0 Å². The molecule has 0 bridgehead atoms. The van der Waals surface area contributed by atoms with Crippen LogP contribution in [-0.4, -0.2) is 3.21 Å². The molecule has 4 aromatic rings. The molecular formula is C57H70Cl2F6Zr. The Balaban J connectivity index is 0.00000476. The van der Waals surface area contributed by atoms with Gasteiger partial charge in [0.1, 0.15) is 0 Å². The van der Waals surface area contributed by atoms with Crippen LogP contribution in [0.5, 0.6) is 0 Å². The first kappa shape index (κ1) is 55.9. The molecule has 9 heteroatoms. The fourth-order valence-electron chi connectivity index (χ4n) is 9.81. The number of hydrogen-bond donors (Lipinski definition) is 0. The molecule has 0 spiro atoms. The molecule has 0 fully saturated rings. The first-order valence-electron chi connectivity index (χ1n) is 23.1. The minimum Gasteiger partial charge on any atom is -1.00 e. The van der Waals surface area contributed by atoms with Crippen molar-refractivity contribution in [3.8, 4) is 11.1 Å². The Hall–Kier alpha value is -2.73. The van der Waals surface area contributed by atoms with Crippen LogP contribution in [0.1, 0.15) is 189 Å². The molecule has 6 rings (SSSR count). The van der Waals surface area contributed by atoms with Crippen molar-refractivity contribution in [1.82, 2.24) is 0 Å². The Morgan fingerprint density at radius 2 is 0.894 bits per heavy atom. The van der Waals surface area contributed by atoms with Crippen LogP contribution in [0.25, 0.3) is 11.1 Å². The van der Waals surface area contributed by atoms with Crippen molar-refractivity contribution in [2.24, 2.45) is 11.3 Å². The fraction of sp³-hybridized carbons (Fsp3) is 0.491. The standard InChI is InChI=1S/C29H41.C15H8F6.C13H21.2ClH.Zr/c1-26(2,3)22-14-18-13-19-15-23(27(4,5)6)25(29(10,11)12)17-21(19)20(18)16-24(22)28(7,8)9;16-14(17,18)12-5-1-3-10(8-12)7-11-4-2-6-13(9-11)15(19,20)21;1-5-6-7-11-8-9-12(10-11)13(2,3)4;;;/h13-17H,1-12H3;1-6,8-9H;9-11H,5-7H2,1-4H3;2*1H;/q;;;;;+2/p-2. The van der Waals surface area contributed by atoms with Crippen LogP contribution in [0.2, 0.25) is 0 Å². The molecule has 0 saturated heterocycles. The molecule has 1 unspecified atom stereocenters. The summed E-state index contributed by atoms with van der Waals surface area (Å²) in [6.45, 7) is 35.6. The molecule has 1 atom stereocenters. The van der Waals surface area contributed by atoms with Gasteiger partial charge in [-0.2, -0.15) is 0 Å². The van der Waals surface area contributed by atoms with E-state index in [-0.39, 0.29) is 61.4 Å². The van der Waals surface area contributed by atoms with Gasteiger partial charge in [-0.15, -0.1) is 0 Å². The summed E-state index contributed by atoms with van der Waals surface area (Å²) < 4.78 is 90.7. The second kappa shape index (κ2) is 19.2. The Kier molecular flexibility index (Phi) is 16.3. The average molecular weight is 1030 g/mol.